The lowest BCUT2D eigenvalue weighted by molar-refractivity contribution is -0.122. The highest BCUT2D eigenvalue weighted by molar-refractivity contribution is 5.97. The van der Waals surface area contributed by atoms with Crippen LogP contribution in [0.15, 0.2) is 24.3 Å². The quantitative estimate of drug-likeness (QED) is 0.623. The average Bonchev–Trinajstić information content (AvgIpc) is 2.49. The molecule has 0 bridgehead atoms. The molecule has 1 spiro atoms. The fourth-order valence-corrected chi connectivity index (χ4v) is 2.65. The number of carbonyl (C=O) groups excluding carboxylic acids is 1. The van der Waals surface area contributed by atoms with Gasteiger partial charge in [0.2, 0.25) is 5.91 Å². The molecule has 96 valence electrons. The summed E-state index contributed by atoms with van der Waals surface area (Å²) in [6.45, 7) is 1.65. The third-order valence-electron chi connectivity index (χ3n) is 3.76. The lowest BCUT2D eigenvalue weighted by atomic mass is 9.84. The summed E-state index contributed by atoms with van der Waals surface area (Å²) >= 11 is 0. The lowest BCUT2D eigenvalue weighted by Gasteiger charge is -2.39. The summed E-state index contributed by atoms with van der Waals surface area (Å²) in [6.07, 6.45) is 1.49. The van der Waals surface area contributed by atoms with E-state index in [1.807, 2.05) is 24.3 Å². The Hall–Kier alpha value is -1.59. The van der Waals surface area contributed by atoms with Crippen LogP contribution in [0.2, 0.25) is 0 Å². The van der Waals surface area contributed by atoms with Gasteiger partial charge in [0.05, 0.1) is 5.69 Å². The van der Waals surface area contributed by atoms with Gasteiger partial charge in [0.15, 0.2) is 0 Å². The number of ether oxygens (including phenoxy) is 1. The average molecular weight is 247 g/mol. The number of piperidine rings is 1. The Labute approximate surface area is 106 Å². The van der Waals surface area contributed by atoms with Crippen molar-refractivity contribution in [3.63, 3.8) is 0 Å². The zero-order valence-electron chi connectivity index (χ0n) is 10.1. The Balaban J connectivity index is 2.02. The monoisotopic (exact) mass is 247 g/mol. The molecule has 1 amide bonds. The SMILES string of the molecule is NC1C(=O)Nc2ccccc2OC12CCNCC2. The minimum atomic E-state index is -0.632. The van der Waals surface area contributed by atoms with Crippen molar-refractivity contribution < 1.29 is 9.53 Å². The summed E-state index contributed by atoms with van der Waals surface area (Å²) in [6, 6.07) is 6.84. The van der Waals surface area contributed by atoms with E-state index in [0.717, 1.165) is 25.9 Å². The van der Waals surface area contributed by atoms with E-state index in [4.69, 9.17) is 10.5 Å². The first-order valence-electron chi connectivity index (χ1n) is 6.26. The highest BCUT2D eigenvalue weighted by atomic mass is 16.5. The van der Waals surface area contributed by atoms with Gasteiger partial charge in [-0.05, 0) is 25.2 Å². The van der Waals surface area contributed by atoms with Crippen LogP contribution >= 0.6 is 0 Å². The summed E-state index contributed by atoms with van der Waals surface area (Å²) in [4.78, 5) is 12.1. The molecule has 1 aromatic carbocycles. The fourth-order valence-electron chi connectivity index (χ4n) is 2.65. The van der Waals surface area contributed by atoms with Crippen LogP contribution in [-0.2, 0) is 4.79 Å². The van der Waals surface area contributed by atoms with Gasteiger partial charge < -0.3 is 21.1 Å². The zero-order valence-corrected chi connectivity index (χ0v) is 10.1. The molecule has 0 aromatic heterocycles. The van der Waals surface area contributed by atoms with E-state index >= 15 is 0 Å². The minimum Gasteiger partial charge on any atom is -0.483 e. The molecule has 0 aliphatic carbocycles. The van der Waals surface area contributed by atoms with Crippen molar-refractivity contribution in [3.8, 4) is 5.75 Å². The molecule has 18 heavy (non-hydrogen) atoms. The molecule has 2 aliphatic rings. The molecule has 4 N–H and O–H groups in total. The topological polar surface area (TPSA) is 76.4 Å². The minimum absolute atomic E-state index is 0.165. The highest BCUT2D eigenvalue weighted by Gasteiger charge is 2.46. The number of benzene rings is 1. The summed E-state index contributed by atoms with van der Waals surface area (Å²) in [5.74, 6) is 0.544. The normalized spacial score (nSPS) is 25.8. The first kappa shape index (κ1) is 11.5. The van der Waals surface area contributed by atoms with E-state index in [0.29, 0.717) is 11.4 Å². The Morgan fingerprint density at radius 3 is 2.78 bits per heavy atom. The Morgan fingerprint density at radius 1 is 1.28 bits per heavy atom. The Bertz CT molecular complexity index is 469. The Kier molecular flexibility index (Phi) is 2.72. The lowest BCUT2D eigenvalue weighted by Crippen LogP contribution is -2.61. The number of nitrogens with two attached hydrogens (primary N) is 1. The molecular weight excluding hydrogens is 230 g/mol. The molecular formula is C13H17N3O2. The number of anilines is 1. The van der Waals surface area contributed by atoms with Crippen LogP contribution in [-0.4, -0.2) is 30.6 Å². The number of hydrogen-bond donors (Lipinski definition) is 3. The standard InChI is InChI=1S/C13H17N3O2/c14-11-12(17)16-9-3-1-2-4-10(9)18-13(11)5-7-15-8-6-13/h1-4,11,15H,5-8,14H2,(H,16,17). The second-order valence-electron chi connectivity index (χ2n) is 4.88. The largest absolute Gasteiger partial charge is 0.483 e. The molecule has 1 aromatic rings. The molecule has 2 heterocycles. The van der Waals surface area contributed by atoms with E-state index in [1.165, 1.54) is 0 Å². The van der Waals surface area contributed by atoms with Crippen LogP contribution in [0.4, 0.5) is 5.69 Å². The molecule has 3 rings (SSSR count). The first-order chi connectivity index (χ1) is 8.71. The van der Waals surface area contributed by atoms with Gasteiger partial charge >= 0.3 is 0 Å². The fraction of sp³-hybridized carbons (Fsp3) is 0.462. The van der Waals surface area contributed by atoms with Crippen molar-refractivity contribution in [2.75, 3.05) is 18.4 Å². The molecule has 5 nitrogen and oxygen atoms in total. The summed E-state index contributed by atoms with van der Waals surface area (Å²) in [7, 11) is 0. The first-order valence-corrected chi connectivity index (χ1v) is 6.26. The molecule has 2 aliphatic heterocycles. The van der Waals surface area contributed by atoms with Crippen LogP contribution in [0.5, 0.6) is 5.75 Å². The molecule has 0 radical (unpaired) electrons. The summed E-state index contributed by atoms with van der Waals surface area (Å²) < 4.78 is 6.12. The predicted molar refractivity (Wildman–Crippen MR) is 68.5 cm³/mol. The zero-order chi connectivity index (χ0) is 12.6. The van der Waals surface area contributed by atoms with Gasteiger partial charge in [0.25, 0.3) is 0 Å². The highest BCUT2D eigenvalue weighted by Crippen LogP contribution is 2.36. The van der Waals surface area contributed by atoms with Crippen molar-refractivity contribution in [1.82, 2.24) is 5.32 Å². The molecule has 5 heteroatoms. The smallest absolute Gasteiger partial charge is 0.245 e. The van der Waals surface area contributed by atoms with Crippen LogP contribution in [0.25, 0.3) is 0 Å². The third-order valence-corrected chi connectivity index (χ3v) is 3.76. The number of nitrogens with one attached hydrogen (secondary N) is 2. The van der Waals surface area contributed by atoms with Gasteiger partial charge in [-0.25, -0.2) is 0 Å². The van der Waals surface area contributed by atoms with Crippen molar-refractivity contribution in [1.29, 1.82) is 0 Å². The predicted octanol–water partition coefficient (Wildman–Crippen LogP) is 0.467. The van der Waals surface area contributed by atoms with Crippen LogP contribution < -0.4 is 21.1 Å². The van der Waals surface area contributed by atoms with E-state index < -0.39 is 11.6 Å². The van der Waals surface area contributed by atoms with Crippen LogP contribution in [0, 0.1) is 0 Å². The number of amides is 1. The Morgan fingerprint density at radius 2 is 2.00 bits per heavy atom. The maximum absolute atomic E-state index is 12.1. The van der Waals surface area contributed by atoms with Crippen LogP contribution in [0.3, 0.4) is 0 Å². The van der Waals surface area contributed by atoms with Gasteiger partial charge in [-0.15, -0.1) is 0 Å². The van der Waals surface area contributed by atoms with Crippen molar-refractivity contribution in [2.24, 2.45) is 5.73 Å². The van der Waals surface area contributed by atoms with Crippen molar-refractivity contribution in [2.45, 2.75) is 24.5 Å². The summed E-state index contributed by atoms with van der Waals surface area (Å²) in [5, 5.41) is 6.10. The molecule has 1 saturated heterocycles. The molecule has 1 unspecified atom stereocenters. The number of rotatable bonds is 0. The van der Waals surface area contributed by atoms with Gasteiger partial charge in [-0.1, -0.05) is 12.1 Å². The van der Waals surface area contributed by atoms with Crippen molar-refractivity contribution >= 4 is 11.6 Å². The molecule has 1 atom stereocenters. The summed E-state index contributed by atoms with van der Waals surface area (Å²) in [5.41, 5.74) is 6.22. The van der Waals surface area contributed by atoms with Gasteiger partial charge in [-0.2, -0.15) is 0 Å². The maximum atomic E-state index is 12.1. The van der Waals surface area contributed by atoms with E-state index in [1.54, 1.807) is 0 Å². The number of carbonyl (C=O) groups is 1. The van der Waals surface area contributed by atoms with Gasteiger partial charge in [0, 0.05) is 12.8 Å². The number of fused-ring (bicyclic) bond motifs is 1. The second kappa shape index (κ2) is 4.26. The van der Waals surface area contributed by atoms with E-state index in [9.17, 15) is 4.79 Å². The van der Waals surface area contributed by atoms with Crippen molar-refractivity contribution in [3.05, 3.63) is 24.3 Å². The van der Waals surface area contributed by atoms with Gasteiger partial charge in [-0.3, -0.25) is 4.79 Å². The van der Waals surface area contributed by atoms with Crippen LogP contribution in [0.1, 0.15) is 12.8 Å². The number of para-hydroxylation sites is 2. The third kappa shape index (κ3) is 1.76. The van der Waals surface area contributed by atoms with Gasteiger partial charge in [0.1, 0.15) is 17.4 Å². The second-order valence-corrected chi connectivity index (χ2v) is 4.88. The van der Waals surface area contributed by atoms with E-state index in [2.05, 4.69) is 10.6 Å². The van der Waals surface area contributed by atoms with E-state index in [-0.39, 0.29) is 5.91 Å². The molecule has 1 fully saturated rings. The number of hydrogen-bond acceptors (Lipinski definition) is 4. The maximum Gasteiger partial charge on any atom is 0.245 e. The molecule has 0 saturated carbocycles.